The maximum absolute atomic E-state index is 11.4. The minimum atomic E-state index is -2.96. The first-order valence-electron chi connectivity index (χ1n) is 4.80. The van der Waals surface area contributed by atoms with Crippen LogP contribution >= 0.6 is 0 Å². The van der Waals surface area contributed by atoms with Gasteiger partial charge in [0.1, 0.15) is 0 Å². The summed E-state index contributed by atoms with van der Waals surface area (Å²) in [4.78, 5) is 0. The van der Waals surface area contributed by atoms with Crippen molar-refractivity contribution in [1.29, 1.82) is 0 Å². The average Bonchev–Trinajstić information content (AvgIpc) is 1.96. The van der Waals surface area contributed by atoms with Gasteiger partial charge in [0.05, 0.1) is 16.6 Å². The second-order valence-corrected chi connectivity index (χ2v) is 7.08. The largest absolute Gasteiger partial charge is 0.389 e. The van der Waals surface area contributed by atoms with E-state index in [9.17, 15) is 13.5 Å². The lowest BCUT2D eigenvalue weighted by Gasteiger charge is -2.17. The molecule has 4 nitrogen and oxygen atoms in total. The van der Waals surface area contributed by atoms with Crippen LogP contribution in [0.2, 0.25) is 0 Å². The van der Waals surface area contributed by atoms with Gasteiger partial charge in [0.25, 0.3) is 0 Å². The first-order valence-corrected chi connectivity index (χ1v) is 6.51. The molecule has 0 radical (unpaired) electrons. The molecule has 0 heterocycles. The van der Waals surface area contributed by atoms with Crippen LogP contribution in [-0.2, 0) is 9.84 Å². The first-order chi connectivity index (χ1) is 6.15. The molecule has 0 saturated heterocycles. The third-order valence-electron chi connectivity index (χ3n) is 1.84. The number of rotatable bonds is 6. The first kappa shape index (κ1) is 13.9. The van der Waals surface area contributed by atoms with Crippen LogP contribution in [0.1, 0.15) is 27.7 Å². The molecule has 2 N–H and O–H groups in total. The monoisotopic (exact) mass is 223 g/mol. The molecule has 0 saturated carbocycles. The van der Waals surface area contributed by atoms with Gasteiger partial charge in [0.15, 0.2) is 9.84 Å². The van der Waals surface area contributed by atoms with Gasteiger partial charge in [-0.05, 0) is 27.7 Å². The van der Waals surface area contributed by atoms with E-state index in [0.717, 1.165) is 0 Å². The third kappa shape index (κ3) is 6.34. The van der Waals surface area contributed by atoms with Gasteiger partial charge < -0.3 is 10.4 Å². The number of aliphatic hydroxyl groups is 1. The van der Waals surface area contributed by atoms with E-state index < -0.39 is 15.4 Å². The highest BCUT2D eigenvalue weighted by molar-refractivity contribution is 7.92. The van der Waals surface area contributed by atoms with Crippen LogP contribution in [0.25, 0.3) is 0 Å². The van der Waals surface area contributed by atoms with Crippen molar-refractivity contribution < 1.29 is 13.5 Å². The SMILES string of the molecule is CC(C)S(=O)(=O)CCNCC(C)(C)O. The summed E-state index contributed by atoms with van der Waals surface area (Å²) in [5.74, 6) is 0.126. The molecule has 0 aromatic rings. The zero-order valence-electron chi connectivity index (χ0n) is 9.37. The summed E-state index contributed by atoms with van der Waals surface area (Å²) >= 11 is 0. The van der Waals surface area contributed by atoms with E-state index in [1.165, 1.54) is 0 Å². The Bertz CT molecular complexity index is 252. The minimum absolute atomic E-state index is 0.126. The van der Waals surface area contributed by atoms with Crippen molar-refractivity contribution in [2.24, 2.45) is 0 Å². The molecule has 0 amide bonds. The number of hydrogen-bond donors (Lipinski definition) is 2. The Morgan fingerprint density at radius 1 is 1.36 bits per heavy atom. The van der Waals surface area contributed by atoms with E-state index in [-0.39, 0.29) is 11.0 Å². The molecule has 14 heavy (non-hydrogen) atoms. The maximum atomic E-state index is 11.4. The third-order valence-corrected chi connectivity index (χ3v) is 4.05. The zero-order chi connectivity index (χ0) is 11.4. The van der Waals surface area contributed by atoms with Crippen LogP contribution in [-0.4, -0.2) is 43.2 Å². The summed E-state index contributed by atoms with van der Waals surface area (Å²) in [6, 6.07) is 0. The molecule has 0 aliphatic rings. The number of sulfone groups is 1. The summed E-state index contributed by atoms with van der Waals surface area (Å²) < 4.78 is 22.7. The Labute approximate surface area is 86.6 Å². The second-order valence-electron chi connectivity index (χ2n) is 4.40. The molecule has 0 atom stereocenters. The molecular weight excluding hydrogens is 202 g/mol. The smallest absolute Gasteiger partial charge is 0.153 e. The number of hydrogen-bond acceptors (Lipinski definition) is 4. The summed E-state index contributed by atoms with van der Waals surface area (Å²) in [5.41, 5.74) is -0.790. The van der Waals surface area contributed by atoms with Crippen molar-refractivity contribution in [1.82, 2.24) is 5.32 Å². The molecule has 0 aromatic heterocycles. The fraction of sp³-hybridized carbons (Fsp3) is 1.00. The lowest BCUT2D eigenvalue weighted by Crippen LogP contribution is -2.37. The molecular formula is C9H21NO3S. The van der Waals surface area contributed by atoms with Crippen molar-refractivity contribution in [2.45, 2.75) is 38.5 Å². The predicted octanol–water partition coefficient (Wildman–Crippen LogP) is 0.170. The van der Waals surface area contributed by atoms with Crippen LogP contribution in [0.3, 0.4) is 0 Å². The fourth-order valence-electron chi connectivity index (χ4n) is 0.844. The fourth-order valence-corrected chi connectivity index (χ4v) is 1.74. The van der Waals surface area contributed by atoms with E-state index >= 15 is 0 Å². The van der Waals surface area contributed by atoms with E-state index in [4.69, 9.17) is 0 Å². The molecule has 0 aromatic carbocycles. The zero-order valence-corrected chi connectivity index (χ0v) is 10.2. The second kappa shape index (κ2) is 5.09. The standard InChI is InChI=1S/C9H21NO3S/c1-8(2)14(12,13)6-5-10-7-9(3,4)11/h8,10-11H,5-7H2,1-4H3. The Morgan fingerprint density at radius 2 is 1.86 bits per heavy atom. The summed E-state index contributed by atoms with van der Waals surface area (Å²) in [6.07, 6.45) is 0. The molecule has 0 fully saturated rings. The highest BCUT2D eigenvalue weighted by atomic mass is 32.2. The van der Waals surface area contributed by atoms with Gasteiger partial charge in [0.2, 0.25) is 0 Å². The van der Waals surface area contributed by atoms with Crippen LogP contribution in [0, 0.1) is 0 Å². The maximum Gasteiger partial charge on any atom is 0.153 e. The van der Waals surface area contributed by atoms with Crippen molar-refractivity contribution in [3.05, 3.63) is 0 Å². The van der Waals surface area contributed by atoms with E-state index in [0.29, 0.717) is 13.1 Å². The Hall–Kier alpha value is -0.130. The average molecular weight is 223 g/mol. The van der Waals surface area contributed by atoms with E-state index in [2.05, 4.69) is 5.32 Å². The molecule has 0 spiro atoms. The van der Waals surface area contributed by atoms with Gasteiger partial charge in [-0.25, -0.2) is 8.42 Å². The summed E-state index contributed by atoms with van der Waals surface area (Å²) in [5, 5.41) is 11.9. The molecule has 5 heteroatoms. The topological polar surface area (TPSA) is 66.4 Å². The van der Waals surface area contributed by atoms with Gasteiger partial charge in [-0.2, -0.15) is 0 Å². The molecule has 0 unspecified atom stereocenters. The molecule has 0 bridgehead atoms. The van der Waals surface area contributed by atoms with Crippen molar-refractivity contribution in [2.75, 3.05) is 18.8 Å². The van der Waals surface area contributed by atoms with E-state index in [1.807, 2.05) is 0 Å². The lowest BCUT2D eigenvalue weighted by molar-refractivity contribution is 0.0805. The molecule has 0 rings (SSSR count). The highest BCUT2D eigenvalue weighted by Gasteiger charge is 2.16. The summed E-state index contributed by atoms with van der Waals surface area (Å²) in [6.45, 7) is 7.50. The van der Waals surface area contributed by atoms with Gasteiger partial charge in [-0.3, -0.25) is 0 Å². The normalized spacial score (nSPS) is 13.6. The molecule has 0 aliphatic heterocycles. The van der Waals surface area contributed by atoms with Crippen molar-refractivity contribution >= 4 is 9.84 Å². The van der Waals surface area contributed by atoms with Crippen molar-refractivity contribution in [3.8, 4) is 0 Å². The number of nitrogens with one attached hydrogen (secondary N) is 1. The Morgan fingerprint density at radius 3 is 2.21 bits per heavy atom. The summed E-state index contributed by atoms with van der Waals surface area (Å²) in [7, 11) is -2.96. The van der Waals surface area contributed by atoms with Crippen LogP contribution in [0.5, 0.6) is 0 Å². The van der Waals surface area contributed by atoms with E-state index in [1.54, 1.807) is 27.7 Å². The quantitative estimate of drug-likeness (QED) is 0.630. The minimum Gasteiger partial charge on any atom is -0.389 e. The highest BCUT2D eigenvalue weighted by Crippen LogP contribution is 2.00. The van der Waals surface area contributed by atoms with Gasteiger partial charge in [-0.15, -0.1) is 0 Å². The lowest BCUT2D eigenvalue weighted by atomic mass is 10.1. The van der Waals surface area contributed by atoms with Gasteiger partial charge >= 0.3 is 0 Å². The molecule has 86 valence electrons. The van der Waals surface area contributed by atoms with Crippen LogP contribution in [0.4, 0.5) is 0 Å². The predicted molar refractivity (Wildman–Crippen MR) is 58.1 cm³/mol. The van der Waals surface area contributed by atoms with Crippen molar-refractivity contribution in [3.63, 3.8) is 0 Å². The van der Waals surface area contributed by atoms with Gasteiger partial charge in [-0.1, -0.05) is 0 Å². The van der Waals surface area contributed by atoms with Crippen LogP contribution in [0.15, 0.2) is 0 Å². The Balaban J connectivity index is 3.77. The Kier molecular flexibility index (Phi) is 5.05. The van der Waals surface area contributed by atoms with Gasteiger partial charge in [0, 0.05) is 13.1 Å². The molecule has 0 aliphatic carbocycles. The van der Waals surface area contributed by atoms with Crippen LogP contribution < -0.4 is 5.32 Å².